The van der Waals surface area contributed by atoms with Crippen LogP contribution in [0.3, 0.4) is 0 Å². The van der Waals surface area contributed by atoms with Gasteiger partial charge in [-0.05, 0) is 49.1 Å². The van der Waals surface area contributed by atoms with Crippen LogP contribution in [0.4, 0.5) is 10.1 Å². The number of nitrogens with one attached hydrogen (secondary N) is 2. The van der Waals surface area contributed by atoms with E-state index in [0.717, 1.165) is 6.42 Å². The number of imidazole rings is 1. The number of carbonyl (C=O) groups excluding carboxylic acids is 1. The molecule has 204 valence electrons. The summed E-state index contributed by atoms with van der Waals surface area (Å²) in [4.78, 5) is 38.1. The Morgan fingerprint density at radius 1 is 1.05 bits per heavy atom. The second-order valence-corrected chi connectivity index (χ2v) is 11.3. The number of aromatic nitrogens is 7. The highest BCUT2D eigenvalue weighted by Gasteiger charge is 2.55. The molecule has 41 heavy (non-hydrogen) atoms. The van der Waals surface area contributed by atoms with E-state index in [2.05, 4.69) is 25.6 Å². The molecule has 13 heteroatoms. The molecule has 1 aliphatic carbocycles. The highest BCUT2D eigenvalue weighted by Crippen LogP contribution is 2.59. The van der Waals surface area contributed by atoms with E-state index in [0.29, 0.717) is 62.5 Å². The molecule has 0 saturated heterocycles. The third kappa shape index (κ3) is 3.83. The van der Waals surface area contributed by atoms with Gasteiger partial charge in [-0.15, -0.1) is 5.10 Å². The number of rotatable bonds is 4. The van der Waals surface area contributed by atoms with Crippen molar-refractivity contribution in [2.75, 3.05) is 5.32 Å². The van der Waals surface area contributed by atoms with E-state index in [1.165, 1.54) is 10.7 Å². The summed E-state index contributed by atoms with van der Waals surface area (Å²) in [6.07, 6.45) is 4.60. The minimum atomic E-state index is -0.386. The smallest absolute Gasteiger partial charge is 0.254 e. The maximum absolute atomic E-state index is 15.4. The monoisotopic (exact) mass is 588 g/mol. The first-order valence-electron chi connectivity index (χ1n) is 13.0. The molecule has 1 saturated carbocycles. The van der Waals surface area contributed by atoms with Crippen LogP contribution in [0.25, 0.3) is 28.2 Å². The zero-order valence-corrected chi connectivity index (χ0v) is 22.6. The third-order valence-corrected chi connectivity index (χ3v) is 8.47. The lowest BCUT2D eigenvalue weighted by Gasteiger charge is -2.19. The quantitative estimate of drug-likeness (QED) is 0.307. The van der Waals surface area contributed by atoms with Gasteiger partial charge in [0.05, 0.1) is 35.5 Å². The van der Waals surface area contributed by atoms with E-state index < -0.39 is 0 Å². The standard InChI is InChI=1S/C28H19Cl2FN8O2/c29-12-1-5-21(38-11-22(30)36-37-38)17(7-12)19-9-24(41)39-26(15-8-16(15)28(39)35-19)27-32-10-20(34-27)14-2-4-18-13(25(14)31)3-6-23(40)33-18/h1-2,4-5,7,9-11,15-16,26H,3,6,8H2,(H,32,34)(H,33,40)/t15-,16+,26-/m0/s1. The summed E-state index contributed by atoms with van der Waals surface area (Å²) in [5.41, 5.74) is 3.36. The van der Waals surface area contributed by atoms with Crippen LogP contribution < -0.4 is 10.9 Å². The van der Waals surface area contributed by atoms with Gasteiger partial charge in [-0.1, -0.05) is 28.4 Å². The van der Waals surface area contributed by atoms with Crippen LogP contribution in [-0.4, -0.2) is 40.4 Å². The van der Waals surface area contributed by atoms with Gasteiger partial charge < -0.3 is 10.3 Å². The van der Waals surface area contributed by atoms with Crippen molar-refractivity contribution in [2.45, 2.75) is 31.2 Å². The van der Waals surface area contributed by atoms with Crippen LogP contribution in [0, 0.1) is 11.7 Å². The molecule has 0 unspecified atom stereocenters. The molecule has 0 radical (unpaired) electrons. The lowest BCUT2D eigenvalue weighted by atomic mass is 9.98. The van der Waals surface area contributed by atoms with Crippen LogP contribution in [0.2, 0.25) is 10.2 Å². The molecule has 0 spiro atoms. The Hall–Kier alpha value is -4.35. The molecule has 2 aliphatic heterocycles. The summed E-state index contributed by atoms with van der Waals surface area (Å²) in [7, 11) is 0. The van der Waals surface area contributed by atoms with Crippen molar-refractivity contribution in [3.05, 3.63) is 92.4 Å². The van der Waals surface area contributed by atoms with Crippen molar-refractivity contribution < 1.29 is 9.18 Å². The Morgan fingerprint density at radius 3 is 2.76 bits per heavy atom. The molecule has 1 fully saturated rings. The zero-order valence-electron chi connectivity index (χ0n) is 21.1. The van der Waals surface area contributed by atoms with Gasteiger partial charge in [-0.3, -0.25) is 14.2 Å². The van der Waals surface area contributed by atoms with Crippen molar-refractivity contribution >= 4 is 34.8 Å². The number of aromatic amines is 1. The van der Waals surface area contributed by atoms with Gasteiger partial charge in [0.2, 0.25) is 5.91 Å². The molecule has 8 rings (SSSR count). The highest BCUT2D eigenvalue weighted by atomic mass is 35.5. The first-order valence-corrected chi connectivity index (χ1v) is 13.8. The molecule has 5 heterocycles. The number of benzene rings is 2. The number of anilines is 1. The van der Waals surface area contributed by atoms with E-state index >= 15 is 4.39 Å². The van der Waals surface area contributed by atoms with Crippen molar-refractivity contribution in [2.24, 2.45) is 5.92 Å². The minimum absolute atomic E-state index is 0.105. The van der Waals surface area contributed by atoms with Crippen LogP contribution in [-0.2, 0) is 11.2 Å². The lowest BCUT2D eigenvalue weighted by Crippen LogP contribution is -2.27. The molecule has 3 aromatic heterocycles. The topological polar surface area (TPSA) is 123 Å². The maximum atomic E-state index is 15.4. The Morgan fingerprint density at radius 2 is 1.93 bits per heavy atom. The number of hydrogen-bond acceptors (Lipinski definition) is 6. The Balaban J connectivity index is 1.18. The van der Waals surface area contributed by atoms with Gasteiger partial charge in [-0.2, -0.15) is 0 Å². The van der Waals surface area contributed by atoms with Gasteiger partial charge in [0.25, 0.3) is 5.56 Å². The predicted octanol–water partition coefficient (Wildman–Crippen LogP) is 4.92. The molecular formula is C28H19Cl2FN8O2. The number of amides is 1. The zero-order chi connectivity index (χ0) is 28.0. The van der Waals surface area contributed by atoms with Crippen molar-refractivity contribution in [1.29, 1.82) is 0 Å². The summed E-state index contributed by atoms with van der Waals surface area (Å²) in [5, 5.41) is 11.3. The number of nitrogens with zero attached hydrogens (tertiary/aromatic N) is 6. The second kappa shape index (κ2) is 8.82. The highest BCUT2D eigenvalue weighted by molar-refractivity contribution is 6.31. The Kier molecular flexibility index (Phi) is 5.26. The Labute approximate surface area is 241 Å². The molecular weight excluding hydrogens is 570 g/mol. The summed E-state index contributed by atoms with van der Waals surface area (Å²) >= 11 is 12.3. The van der Waals surface area contributed by atoms with E-state index in [-0.39, 0.29) is 46.7 Å². The average molecular weight is 589 g/mol. The largest absolute Gasteiger partial charge is 0.340 e. The van der Waals surface area contributed by atoms with E-state index in [1.54, 1.807) is 47.3 Å². The number of H-pyrrole nitrogens is 1. The fourth-order valence-electron chi connectivity index (χ4n) is 6.11. The maximum Gasteiger partial charge on any atom is 0.254 e. The Bertz CT molecular complexity index is 1980. The van der Waals surface area contributed by atoms with Gasteiger partial charge >= 0.3 is 0 Å². The molecule has 5 aromatic rings. The van der Waals surface area contributed by atoms with Gasteiger partial charge in [0, 0.05) is 45.8 Å². The number of hydrogen-bond donors (Lipinski definition) is 2. The lowest BCUT2D eigenvalue weighted by molar-refractivity contribution is -0.116. The van der Waals surface area contributed by atoms with Gasteiger partial charge in [-0.25, -0.2) is 19.0 Å². The SMILES string of the molecule is O=C1CCc2c(ccc(-c3cnc([C@@H]4[C@H]5C[C@H]5c5nc(-c6cc(Cl)ccc6-n6cc(Cl)nn6)cc(=O)n54)[nH]3)c2F)N1. The first-order chi connectivity index (χ1) is 19.9. The molecule has 10 nitrogen and oxygen atoms in total. The number of carbonyl (C=O) groups is 1. The summed E-state index contributed by atoms with van der Waals surface area (Å²) < 4.78 is 18.6. The third-order valence-electron chi connectivity index (χ3n) is 8.07. The molecule has 3 atom stereocenters. The van der Waals surface area contributed by atoms with E-state index in [4.69, 9.17) is 28.2 Å². The summed E-state index contributed by atoms with van der Waals surface area (Å²) in [6.45, 7) is 0. The number of halogens is 3. The van der Waals surface area contributed by atoms with Crippen LogP contribution in [0.15, 0.2) is 53.6 Å². The first kappa shape index (κ1) is 24.4. The van der Waals surface area contributed by atoms with Crippen LogP contribution >= 0.6 is 23.2 Å². The van der Waals surface area contributed by atoms with Crippen molar-refractivity contribution in [1.82, 2.24) is 34.5 Å². The normalized spacial score (nSPS) is 20.4. The predicted molar refractivity (Wildman–Crippen MR) is 149 cm³/mol. The molecule has 1 amide bonds. The molecule has 3 aliphatic rings. The van der Waals surface area contributed by atoms with Gasteiger partial charge in [0.1, 0.15) is 17.5 Å². The van der Waals surface area contributed by atoms with Crippen molar-refractivity contribution in [3.8, 4) is 28.2 Å². The molecule has 0 bridgehead atoms. The average Bonchev–Trinajstić information content (AvgIpc) is 3.24. The van der Waals surface area contributed by atoms with E-state index in [1.807, 2.05) is 0 Å². The van der Waals surface area contributed by atoms with Crippen molar-refractivity contribution in [3.63, 3.8) is 0 Å². The summed E-state index contributed by atoms with van der Waals surface area (Å²) in [6, 6.07) is 9.71. The van der Waals surface area contributed by atoms with Crippen LogP contribution in [0.5, 0.6) is 0 Å². The van der Waals surface area contributed by atoms with Crippen LogP contribution in [0.1, 0.15) is 42.0 Å². The fourth-order valence-corrected chi connectivity index (χ4v) is 6.40. The molecule has 2 aromatic carbocycles. The van der Waals surface area contributed by atoms with Gasteiger partial charge in [0.15, 0.2) is 5.15 Å². The van der Waals surface area contributed by atoms with E-state index in [9.17, 15) is 9.59 Å². The number of fused-ring (bicyclic) bond motifs is 4. The molecule has 2 N–H and O–H groups in total. The minimum Gasteiger partial charge on any atom is -0.340 e. The summed E-state index contributed by atoms with van der Waals surface area (Å²) in [5.74, 6) is 1.01. The fraction of sp³-hybridized carbons (Fsp3) is 0.214. The second-order valence-electron chi connectivity index (χ2n) is 10.5.